The second kappa shape index (κ2) is 5.84. The molecular formula is C15H24N6O2. The molecule has 0 amide bonds. The standard InChI is InChI=1S/C15H24N6O2/c1-5-10(2)21-11-12(19(4)15(23)17-13(11)22)16-14(21)20-8-6-18(3)7-9-20/h10H,5-9H2,1-4H3,(H,17,22,23)/t10-/m0/s1. The fourth-order valence-electron chi connectivity index (χ4n) is 3.02. The Balaban J connectivity index is 2.24. The summed E-state index contributed by atoms with van der Waals surface area (Å²) >= 11 is 0. The summed E-state index contributed by atoms with van der Waals surface area (Å²) in [6.45, 7) is 7.80. The Morgan fingerprint density at radius 1 is 1.17 bits per heavy atom. The number of hydrogen-bond donors (Lipinski definition) is 1. The van der Waals surface area contributed by atoms with Gasteiger partial charge in [0.25, 0.3) is 5.56 Å². The van der Waals surface area contributed by atoms with Crippen molar-refractivity contribution in [2.75, 3.05) is 38.1 Å². The second-order valence-electron chi connectivity index (χ2n) is 6.32. The Morgan fingerprint density at radius 3 is 2.43 bits per heavy atom. The van der Waals surface area contributed by atoms with E-state index in [9.17, 15) is 9.59 Å². The Kier molecular flexibility index (Phi) is 4.01. The number of fused-ring (bicyclic) bond motifs is 1. The van der Waals surface area contributed by atoms with Gasteiger partial charge >= 0.3 is 5.69 Å². The number of H-pyrrole nitrogens is 1. The smallest absolute Gasteiger partial charge is 0.329 e. The largest absolute Gasteiger partial charge is 0.340 e. The van der Waals surface area contributed by atoms with Crippen LogP contribution in [0, 0.1) is 0 Å². The fourth-order valence-corrected chi connectivity index (χ4v) is 3.02. The number of piperazine rings is 1. The first-order valence-corrected chi connectivity index (χ1v) is 8.08. The molecule has 2 aromatic heterocycles. The lowest BCUT2D eigenvalue weighted by Gasteiger charge is -2.34. The molecule has 126 valence electrons. The molecule has 0 aliphatic carbocycles. The zero-order chi connectivity index (χ0) is 16.7. The van der Waals surface area contributed by atoms with Crippen molar-refractivity contribution in [1.29, 1.82) is 0 Å². The van der Waals surface area contributed by atoms with Gasteiger partial charge in [-0.1, -0.05) is 6.92 Å². The highest BCUT2D eigenvalue weighted by Gasteiger charge is 2.25. The molecule has 0 unspecified atom stereocenters. The van der Waals surface area contributed by atoms with Gasteiger partial charge in [-0.15, -0.1) is 0 Å². The maximum atomic E-state index is 12.4. The molecule has 8 nitrogen and oxygen atoms in total. The van der Waals surface area contributed by atoms with Crippen LogP contribution in [0.5, 0.6) is 0 Å². The average Bonchev–Trinajstić information content (AvgIpc) is 2.94. The predicted octanol–water partition coefficient (Wildman–Crippen LogP) is 0.146. The molecule has 0 saturated carbocycles. The third-order valence-corrected chi connectivity index (χ3v) is 4.75. The number of anilines is 1. The summed E-state index contributed by atoms with van der Waals surface area (Å²) in [6.07, 6.45) is 0.883. The molecule has 1 saturated heterocycles. The Labute approximate surface area is 134 Å². The summed E-state index contributed by atoms with van der Waals surface area (Å²) in [5.41, 5.74) is 0.140. The number of nitrogens with zero attached hydrogens (tertiary/aromatic N) is 5. The molecule has 23 heavy (non-hydrogen) atoms. The molecule has 8 heteroatoms. The minimum Gasteiger partial charge on any atom is -0.340 e. The number of aromatic nitrogens is 4. The van der Waals surface area contributed by atoms with Crippen molar-refractivity contribution in [2.24, 2.45) is 7.05 Å². The first-order chi connectivity index (χ1) is 10.9. The van der Waals surface area contributed by atoms with E-state index in [1.54, 1.807) is 7.05 Å². The van der Waals surface area contributed by atoms with Gasteiger partial charge in [-0.3, -0.25) is 14.3 Å². The van der Waals surface area contributed by atoms with Crippen LogP contribution < -0.4 is 16.1 Å². The fraction of sp³-hybridized carbons (Fsp3) is 0.667. The molecule has 1 aliphatic heterocycles. The molecule has 1 aliphatic rings. The Bertz CT molecular complexity index is 825. The number of hydrogen-bond acceptors (Lipinski definition) is 5. The lowest BCUT2D eigenvalue weighted by molar-refractivity contribution is 0.309. The third kappa shape index (κ3) is 2.56. The highest BCUT2D eigenvalue weighted by Crippen LogP contribution is 2.26. The minimum atomic E-state index is -0.429. The van der Waals surface area contributed by atoms with Gasteiger partial charge in [-0.2, -0.15) is 4.98 Å². The number of nitrogens with one attached hydrogen (secondary N) is 1. The van der Waals surface area contributed by atoms with E-state index in [1.165, 1.54) is 4.57 Å². The first kappa shape index (κ1) is 15.8. The number of aryl methyl sites for hydroxylation is 1. The lowest BCUT2D eigenvalue weighted by Crippen LogP contribution is -2.45. The highest BCUT2D eigenvalue weighted by atomic mass is 16.2. The minimum absolute atomic E-state index is 0.133. The van der Waals surface area contributed by atoms with E-state index in [2.05, 4.69) is 40.7 Å². The third-order valence-electron chi connectivity index (χ3n) is 4.75. The molecule has 1 fully saturated rings. The van der Waals surface area contributed by atoms with Crippen molar-refractivity contribution in [2.45, 2.75) is 26.3 Å². The number of likely N-dealkylation sites (N-methyl/N-ethyl adjacent to an activating group) is 1. The monoisotopic (exact) mass is 320 g/mol. The molecule has 3 heterocycles. The van der Waals surface area contributed by atoms with Crippen LogP contribution in [0.25, 0.3) is 11.2 Å². The van der Waals surface area contributed by atoms with Crippen molar-refractivity contribution in [3.63, 3.8) is 0 Å². The normalized spacial score (nSPS) is 17.8. The number of imidazole rings is 1. The Hall–Kier alpha value is -2.09. The molecule has 0 bridgehead atoms. The van der Waals surface area contributed by atoms with Gasteiger partial charge < -0.3 is 14.4 Å². The SMILES string of the molecule is CC[C@H](C)n1c(N2CCN(C)CC2)nc2c1c(=O)[nH]c(=O)n2C. The van der Waals surface area contributed by atoms with Crippen molar-refractivity contribution in [1.82, 2.24) is 24.0 Å². The van der Waals surface area contributed by atoms with Crippen molar-refractivity contribution >= 4 is 17.1 Å². The molecule has 2 aromatic rings. The van der Waals surface area contributed by atoms with Gasteiger partial charge in [-0.25, -0.2) is 4.79 Å². The van der Waals surface area contributed by atoms with Gasteiger partial charge in [0.05, 0.1) is 0 Å². The summed E-state index contributed by atoms with van der Waals surface area (Å²) in [7, 11) is 3.74. The summed E-state index contributed by atoms with van der Waals surface area (Å²) in [4.78, 5) is 35.8. The van der Waals surface area contributed by atoms with Crippen LogP contribution in [0.15, 0.2) is 9.59 Å². The summed E-state index contributed by atoms with van der Waals surface area (Å²) in [5.74, 6) is 0.786. The van der Waals surface area contributed by atoms with E-state index in [4.69, 9.17) is 0 Å². The van der Waals surface area contributed by atoms with Crippen LogP contribution in [-0.2, 0) is 7.05 Å². The van der Waals surface area contributed by atoms with E-state index < -0.39 is 5.69 Å². The van der Waals surface area contributed by atoms with Crippen molar-refractivity contribution < 1.29 is 0 Å². The van der Waals surface area contributed by atoms with Gasteiger partial charge in [0.2, 0.25) is 5.95 Å². The van der Waals surface area contributed by atoms with Gasteiger partial charge in [0, 0.05) is 39.3 Å². The second-order valence-corrected chi connectivity index (χ2v) is 6.32. The van der Waals surface area contributed by atoms with E-state index in [1.807, 2.05) is 4.57 Å². The molecule has 0 aromatic carbocycles. The topological polar surface area (TPSA) is 79.2 Å². The van der Waals surface area contributed by atoms with Crippen molar-refractivity contribution in [3.05, 3.63) is 20.8 Å². The van der Waals surface area contributed by atoms with Crippen LogP contribution in [0.3, 0.4) is 0 Å². The first-order valence-electron chi connectivity index (χ1n) is 8.08. The zero-order valence-electron chi connectivity index (χ0n) is 14.2. The van der Waals surface area contributed by atoms with Gasteiger partial charge in [0.1, 0.15) is 0 Å². The van der Waals surface area contributed by atoms with E-state index in [0.717, 1.165) is 38.5 Å². The number of aromatic amines is 1. The maximum Gasteiger partial charge on any atom is 0.329 e. The van der Waals surface area contributed by atoms with E-state index in [0.29, 0.717) is 11.2 Å². The van der Waals surface area contributed by atoms with Crippen LogP contribution in [0.1, 0.15) is 26.3 Å². The molecule has 3 rings (SSSR count). The zero-order valence-corrected chi connectivity index (χ0v) is 14.2. The highest BCUT2D eigenvalue weighted by molar-refractivity contribution is 5.74. The Morgan fingerprint density at radius 2 is 1.83 bits per heavy atom. The average molecular weight is 320 g/mol. The lowest BCUT2D eigenvalue weighted by atomic mass is 10.2. The summed E-state index contributed by atoms with van der Waals surface area (Å²) in [5, 5.41) is 0. The quantitative estimate of drug-likeness (QED) is 0.871. The van der Waals surface area contributed by atoms with Crippen LogP contribution in [-0.4, -0.2) is 57.2 Å². The number of rotatable bonds is 3. The molecule has 1 atom stereocenters. The van der Waals surface area contributed by atoms with Crippen LogP contribution in [0.4, 0.5) is 5.95 Å². The predicted molar refractivity (Wildman–Crippen MR) is 90.3 cm³/mol. The van der Waals surface area contributed by atoms with Crippen LogP contribution in [0.2, 0.25) is 0 Å². The molecule has 0 radical (unpaired) electrons. The van der Waals surface area contributed by atoms with Crippen LogP contribution >= 0.6 is 0 Å². The van der Waals surface area contributed by atoms with Crippen molar-refractivity contribution in [3.8, 4) is 0 Å². The molecule has 0 spiro atoms. The van der Waals surface area contributed by atoms with E-state index >= 15 is 0 Å². The van der Waals surface area contributed by atoms with Gasteiger partial charge in [-0.05, 0) is 20.4 Å². The van der Waals surface area contributed by atoms with Gasteiger partial charge in [0.15, 0.2) is 11.2 Å². The summed E-state index contributed by atoms with van der Waals surface area (Å²) in [6, 6.07) is 0.133. The molecular weight excluding hydrogens is 296 g/mol. The summed E-state index contributed by atoms with van der Waals surface area (Å²) < 4.78 is 3.40. The maximum absolute atomic E-state index is 12.4. The van der Waals surface area contributed by atoms with E-state index in [-0.39, 0.29) is 11.6 Å². The molecule has 1 N–H and O–H groups in total.